The van der Waals surface area contributed by atoms with Crippen molar-refractivity contribution >= 4 is 18.7 Å². The first kappa shape index (κ1) is 28.1. The topological polar surface area (TPSA) is 9.23 Å². The molecule has 1 unspecified atom stereocenters. The summed E-state index contributed by atoms with van der Waals surface area (Å²) < 4.78 is 7.09. The average molecular weight is 475 g/mol. The fraction of sp³-hybridized carbons (Fsp3) is 0.438. The van der Waals surface area contributed by atoms with Gasteiger partial charge in [-0.3, -0.25) is 0 Å². The largest absolute Gasteiger partial charge is 0.404 e. The van der Waals surface area contributed by atoms with E-state index in [1.807, 2.05) is 0 Å². The molecule has 0 aliphatic rings. The second-order valence-corrected chi connectivity index (χ2v) is 15.4. The summed E-state index contributed by atoms with van der Waals surface area (Å²) in [5.74, 6) is 0. The summed E-state index contributed by atoms with van der Waals surface area (Å²) >= 11 is 0. The van der Waals surface area contributed by atoms with Gasteiger partial charge in [0.05, 0.1) is 6.61 Å². The molecule has 2 rings (SSSR count). The maximum absolute atomic E-state index is 7.09. The van der Waals surface area contributed by atoms with Crippen LogP contribution in [0.25, 0.3) is 0 Å². The molecule has 0 bridgehead atoms. The Bertz CT molecular complexity index is 906. The molecule has 184 valence electrons. The first-order chi connectivity index (χ1) is 16.1. The molecule has 0 aliphatic carbocycles. The fourth-order valence-corrected chi connectivity index (χ4v) is 9.35. The van der Waals surface area contributed by atoms with E-state index >= 15 is 0 Å². The molecule has 34 heavy (non-hydrogen) atoms. The third kappa shape index (κ3) is 7.17. The normalized spacial score (nSPS) is 14.4. The van der Waals surface area contributed by atoms with Gasteiger partial charge in [0.15, 0.2) is 0 Å². The lowest BCUT2D eigenvalue weighted by Gasteiger charge is -2.43. The Morgan fingerprint density at radius 3 is 1.82 bits per heavy atom. The molecule has 0 spiro atoms. The van der Waals surface area contributed by atoms with Crippen LogP contribution in [0, 0.1) is 5.41 Å². The van der Waals surface area contributed by atoms with Crippen molar-refractivity contribution in [1.82, 2.24) is 0 Å². The smallest absolute Gasteiger partial charge is 0.261 e. The Balaban J connectivity index is 2.35. The quantitative estimate of drug-likeness (QED) is 0.222. The summed E-state index contributed by atoms with van der Waals surface area (Å²) in [6, 6.07) is 21.8. The van der Waals surface area contributed by atoms with Crippen LogP contribution in [0.15, 0.2) is 96.6 Å². The van der Waals surface area contributed by atoms with Crippen LogP contribution in [0.3, 0.4) is 0 Å². The van der Waals surface area contributed by atoms with Gasteiger partial charge in [0.2, 0.25) is 0 Å². The van der Waals surface area contributed by atoms with E-state index in [1.54, 1.807) is 0 Å². The lowest BCUT2D eigenvalue weighted by Crippen LogP contribution is -2.66. The Labute approximate surface area is 210 Å². The second-order valence-electron chi connectivity index (χ2n) is 11.0. The molecule has 0 aromatic heterocycles. The molecular weight excluding hydrogens is 428 g/mol. The summed E-state index contributed by atoms with van der Waals surface area (Å²) in [6.45, 7) is 20.8. The summed E-state index contributed by atoms with van der Waals surface area (Å²) in [7, 11) is -2.50. The minimum atomic E-state index is -2.50. The highest BCUT2D eigenvalue weighted by Crippen LogP contribution is 2.37. The van der Waals surface area contributed by atoms with E-state index in [9.17, 15) is 0 Å². The molecule has 0 aliphatic heterocycles. The molecule has 0 radical (unpaired) electrons. The standard InChI is InChI=1S/C32H46OSi/c1-9-28(26-32(8,10-2)24-17-18-27(3)4)23-25-33-34(31(5,6)7,29-19-13-11-14-20-29)30-21-15-12-16-22-30/h10-16,18-23H,2,9,17,24-26H2,1,3-8H3/b28-23+. The summed E-state index contributed by atoms with van der Waals surface area (Å²) in [6.07, 6.45) is 11.1. The van der Waals surface area contributed by atoms with E-state index in [1.165, 1.54) is 21.5 Å². The van der Waals surface area contributed by atoms with Crippen LogP contribution in [0.2, 0.25) is 5.04 Å². The molecule has 0 amide bonds. The van der Waals surface area contributed by atoms with Crippen LogP contribution in [0.1, 0.15) is 74.1 Å². The number of hydrogen-bond acceptors (Lipinski definition) is 1. The zero-order chi connectivity index (χ0) is 25.2. The lowest BCUT2D eigenvalue weighted by molar-refractivity contribution is 0.335. The first-order valence-corrected chi connectivity index (χ1v) is 14.7. The molecule has 0 fully saturated rings. The maximum atomic E-state index is 7.09. The zero-order valence-corrected chi connectivity index (χ0v) is 23.7. The molecule has 1 nitrogen and oxygen atoms in total. The number of rotatable bonds is 12. The van der Waals surface area contributed by atoms with Crippen LogP contribution >= 0.6 is 0 Å². The van der Waals surface area contributed by atoms with Gasteiger partial charge in [-0.2, -0.15) is 0 Å². The Morgan fingerprint density at radius 2 is 1.41 bits per heavy atom. The highest BCUT2D eigenvalue weighted by atomic mass is 28.4. The predicted octanol–water partition coefficient (Wildman–Crippen LogP) is 8.23. The van der Waals surface area contributed by atoms with Gasteiger partial charge in [-0.15, -0.1) is 6.58 Å². The van der Waals surface area contributed by atoms with Gasteiger partial charge in [-0.25, -0.2) is 0 Å². The Kier molecular flexibility index (Phi) is 10.3. The fourth-order valence-electron chi connectivity index (χ4n) is 4.86. The number of benzene rings is 2. The monoisotopic (exact) mass is 474 g/mol. The summed E-state index contributed by atoms with van der Waals surface area (Å²) in [4.78, 5) is 0. The van der Waals surface area contributed by atoms with Crippen molar-refractivity contribution in [3.8, 4) is 0 Å². The second kappa shape index (κ2) is 12.5. The molecular formula is C32H46OSi. The Hall–Kier alpha value is -2.16. The lowest BCUT2D eigenvalue weighted by atomic mass is 9.79. The Morgan fingerprint density at radius 1 is 0.882 bits per heavy atom. The van der Waals surface area contributed by atoms with Crippen LogP contribution in [-0.4, -0.2) is 14.9 Å². The molecule has 2 aromatic carbocycles. The average Bonchev–Trinajstić information content (AvgIpc) is 2.81. The minimum absolute atomic E-state index is 0.00406. The van der Waals surface area contributed by atoms with Crippen molar-refractivity contribution in [3.63, 3.8) is 0 Å². The van der Waals surface area contributed by atoms with E-state index in [0.29, 0.717) is 6.61 Å². The van der Waals surface area contributed by atoms with Crippen LogP contribution in [-0.2, 0) is 4.43 Å². The van der Waals surface area contributed by atoms with Crippen LogP contribution < -0.4 is 10.4 Å². The zero-order valence-electron chi connectivity index (χ0n) is 22.7. The SMILES string of the molecule is C=CC(C)(CCC=C(C)C)C/C(=C/CO[Si](c1ccccc1)(c1ccccc1)C(C)(C)C)CC. The molecule has 0 saturated carbocycles. The molecule has 1 atom stereocenters. The van der Waals surface area contributed by atoms with E-state index in [0.717, 1.165) is 25.7 Å². The van der Waals surface area contributed by atoms with Gasteiger partial charge < -0.3 is 4.43 Å². The van der Waals surface area contributed by atoms with E-state index < -0.39 is 8.32 Å². The molecule has 2 heteroatoms. The van der Waals surface area contributed by atoms with Crippen molar-refractivity contribution < 1.29 is 4.43 Å². The molecule has 0 saturated heterocycles. The van der Waals surface area contributed by atoms with Gasteiger partial charge in [0, 0.05) is 0 Å². The van der Waals surface area contributed by atoms with Gasteiger partial charge in [0.1, 0.15) is 0 Å². The third-order valence-corrected chi connectivity index (χ3v) is 11.9. The van der Waals surface area contributed by atoms with E-state index in [-0.39, 0.29) is 10.5 Å². The summed E-state index contributed by atoms with van der Waals surface area (Å²) in [5.41, 5.74) is 2.94. The molecule has 2 aromatic rings. The van der Waals surface area contributed by atoms with Crippen molar-refractivity contribution in [2.75, 3.05) is 6.61 Å². The van der Waals surface area contributed by atoms with Crippen molar-refractivity contribution in [2.24, 2.45) is 5.41 Å². The van der Waals surface area contributed by atoms with Gasteiger partial charge >= 0.3 is 0 Å². The van der Waals surface area contributed by atoms with Crippen LogP contribution in [0.5, 0.6) is 0 Å². The first-order valence-electron chi connectivity index (χ1n) is 12.8. The van der Waals surface area contributed by atoms with E-state index in [4.69, 9.17) is 4.43 Å². The number of hydrogen-bond donors (Lipinski definition) is 0. The number of allylic oxidation sites excluding steroid dienone is 4. The van der Waals surface area contributed by atoms with Crippen molar-refractivity contribution in [2.45, 2.75) is 79.2 Å². The summed E-state index contributed by atoms with van der Waals surface area (Å²) in [5, 5.41) is 2.66. The third-order valence-electron chi connectivity index (χ3n) is 6.93. The van der Waals surface area contributed by atoms with Crippen LogP contribution in [0.4, 0.5) is 0 Å². The predicted molar refractivity (Wildman–Crippen MR) is 154 cm³/mol. The minimum Gasteiger partial charge on any atom is -0.404 e. The van der Waals surface area contributed by atoms with Crippen molar-refractivity contribution in [3.05, 3.63) is 96.6 Å². The molecule has 0 heterocycles. The highest BCUT2D eigenvalue weighted by molar-refractivity contribution is 6.99. The molecule has 0 N–H and O–H groups in total. The van der Waals surface area contributed by atoms with Gasteiger partial charge in [0.25, 0.3) is 8.32 Å². The van der Waals surface area contributed by atoms with Gasteiger partial charge in [-0.05, 0) is 60.4 Å². The van der Waals surface area contributed by atoms with Crippen molar-refractivity contribution in [1.29, 1.82) is 0 Å². The maximum Gasteiger partial charge on any atom is 0.261 e. The highest BCUT2D eigenvalue weighted by Gasteiger charge is 2.49. The van der Waals surface area contributed by atoms with Gasteiger partial charge in [-0.1, -0.05) is 125 Å². The van der Waals surface area contributed by atoms with E-state index in [2.05, 4.69) is 134 Å².